The van der Waals surface area contributed by atoms with E-state index < -0.39 is 0 Å². The van der Waals surface area contributed by atoms with Crippen LogP contribution in [0, 0.1) is 14.9 Å². The van der Waals surface area contributed by atoms with Gasteiger partial charge in [-0.05, 0) is 0 Å². The molecular formula is C24H40Cl2SiZr-4. The van der Waals surface area contributed by atoms with Crippen molar-refractivity contribution in [2.45, 2.75) is 78.1 Å². The van der Waals surface area contributed by atoms with E-state index in [2.05, 4.69) is 38.1 Å². The first-order valence-electron chi connectivity index (χ1n) is 9.70. The first-order valence-corrected chi connectivity index (χ1v) is 15.6. The summed E-state index contributed by atoms with van der Waals surface area (Å²) in [5.41, 5.74) is 9.61. The number of aryl methyl sites for hydroxylation is 6. The van der Waals surface area contributed by atoms with Crippen LogP contribution in [0.1, 0.15) is 72.9 Å². The number of hydrogen-bond acceptors (Lipinski definition) is 0. The molecule has 2 aliphatic rings. The molecule has 0 aromatic heterocycles. The van der Waals surface area contributed by atoms with Gasteiger partial charge in [-0.3, -0.25) is 0 Å². The standard InChI is InChI=1S/2C11H15.2CH3.2ClH.H2Si.Zr/c2*1-2-9-7-10-5-3-4-6-11(10)8-9;;;;;;/h2*7-8H,2-6H2,1H3;2*1H3;2*1H;1H2;/q4*-1;;;;. The molecule has 0 radical (unpaired) electrons. The van der Waals surface area contributed by atoms with Gasteiger partial charge in [-0.1, -0.05) is 78.1 Å². The third-order valence-electron chi connectivity index (χ3n) is 5.36. The molecule has 0 heterocycles. The summed E-state index contributed by atoms with van der Waals surface area (Å²) in [5, 5.41) is 0. The van der Waals surface area contributed by atoms with E-state index in [0.29, 0.717) is 0 Å². The maximum atomic E-state index is 2.40. The molecule has 0 aliphatic heterocycles. The Morgan fingerprint density at radius 3 is 1.32 bits per heavy atom. The Bertz CT molecular complexity index is 529. The second kappa shape index (κ2) is 18.2. The fourth-order valence-electron chi connectivity index (χ4n) is 3.95. The third-order valence-corrected chi connectivity index (χ3v) is 5.36. The molecule has 0 amide bonds. The molecule has 4 rings (SSSR count). The summed E-state index contributed by atoms with van der Waals surface area (Å²) in [6.45, 7) is 6.42. The van der Waals surface area contributed by atoms with Crippen molar-refractivity contribution in [2.24, 2.45) is 0 Å². The molecule has 0 N–H and O–H groups in total. The Kier molecular flexibility index (Phi) is 21.4. The van der Waals surface area contributed by atoms with Crippen LogP contribution in [-0.4, -0.2) is 6.88 Å². The van der Waals surface area contributed by atoms with E-state index >= 15 is 0 Å². The quantitative estimate of drug-likeness (QED) is 0.314. The predicted molar refractivity (Wildman–Crippen MR) is 132 cm³/mol. The van der Waals surface area contributed by atoms with Crippen molar-refractivity contribution in [1.82, 2.24) is 0 Å². The average molecular weight is 519 g/mol. The number of halogens is 2. The van der Waals surface area contributed by atoms with Crippen LogP contribution in [0.15, 0.2) is 24.3 Å². The summed E-state index contributed by atoms with van der Waals surface area (Å²) in [6.07, 6.45) is 13.3. The number of fused-ring (bicyclic) bond motifs is 2. The second-order valence-electron chi connectivity index (χ2n) is 6.95. The van der Waals surface area contributed by atoms with Crippen molar-refractivity contribution in [3.8, 4) is 0 Å². The van der Waals surface area contributed by atoms with E-state index in [1.54, 1.807) is 45.6 Å². The molecule has 0 nitrogen and oxygen atoms in total. The minimum atomic E-state index is 0. The van der Waals surface area contributed by atoms with Gasteiger partial charge in [0.05, 0.1) is 0 Å². The van der Waals surface area contributed by atoms with Crippen LogP contribution in [0.25, 0.3) is 0 Å². The Morgan fingerprint density at radius 2 is 1.04 bits per heavy atom. The zero-order valence-corrected chi connectivity index (χ0v) is 23.9. The fourth-order valence-corrected chi connectivity index (χ4v) is 3.95. The fraction of sp³-hybridized carbons (Fsp3) is 0.500. The van der Waals surface area contributed by atoms with E-state index in [9.17, 15) is 0 Å². The summed E-state index contributed by atoms with van der Waals surface area (Å²) in [5.74, 6) is 0. The van der Waals surface area contributed by atoms with Crippen molar-refractivity contribution in [3.63, 3.8) is 0 Å². The van der Waals surface area contributed by atoms with Gasteiger partial charge in [0.2, 0.25) is 0 Å². The van der Waals surface area contributed by atoms with Gasteiger partial charge in [0, 0.05) is 0 Å². The molecule has 0 fully saturated rings. The van der Waals surface area contributed by atoms with Gasteiger partial charge in [-0.25, -0.2) is 12.1 Å². The summed E-state index contributed by atoms with van der Waals surface area (Å²) in [6, 6.07) is 9.59. The normalized spacial score (nSPS) is 13.0. The molecular weight excluding hydrogens is 478 g/mol. The van der Waals surface area contributed by atoms with Gasteiger partial charge in [0.1, 0.15) is 0 Å². The zero-order valence-electron chi connectivity index (χ0n) is 18.4. The molecule has 0 unspecified atom stereocenters. The van der Waals surface area contributed by atoms with Crippen molar-refractivity contribution >= 4 is 31.7 Å². The topological polar surface area (TPSA) is 0 Å². The van der Waals surface area contributed by atoms with Gasteiger partial charge in [-0.15, -0.1) is 24.8 Å². The monoisotopic (exact) mass is 516 g/mol. The van der Waals surface area contributed by atoms with E-state index in [4.69, 9.17) is 0 Å². The Balaban J connectivity index is -0.000000363. The first kappa shape index (κ1) is 33.0. The molecule has 162 valence electrons. The van der Waals surface area contributed by atoms with Crippen LogP contribution >= 0.6 is 24.8 Å². The Hall–Kier alpha value is 0.380. The average Bonchev–Trinajstić information content (AvgIpc) is 3.27. The maximum absolute atomic E-state index is 2.40. The molecule has 0 saturated heterocycles. The summed E-state index contributed by atoms with van der Waals surface area (Å²) < 4.78 is 0. The molecule has 2 aromatic carbocycles. The van der Waals surface area contributed by atoms with Crippen LogP contribution in [0.3, 0.4) is 0 Å². The molecule has 0 saturated carbocycles. The van der Waals surface area contributed by atoms with E-state index in [0.717, 1.165) is 0 Å². The molecule has 2 aliphatic carbocycles. The third kappa shape index (κ3) is 9.46. The zero-order chi connectivity index (χ0) is 17.4. The van der Waals surface area contributed by atoms with Crippen molar-refractivity contribution in [2.75, 3.05) is 0 Å². The van der Waals surface area contributed by atoms with Gasteiger partial charge in [0.15, 0.2) is 0 Å². The summed E-state index contributed by atoms with van der Waals surface area (Å²) >= 11 is 1.58. The van der Waals surface area contributed by atoms with Crippen LogP contribution in [0.5, 0.6) is 0 Å². The number of rotatable bonds is 2. The van der Waals surface area contributed by atoms with E-state index in [1.165, 1.54) is 75.3 Å². The van der Waals surface area contributed by atoms with Crippen molar-refractivity contribution < 1.29 is 23.3 Å². The van der Waals surface area contributed by atoms with Crippen LogP contribution in [0.4, 0.5) is 0 Å². The van der Waals surface area contributed by atoms with Crippen molar-refractivity contribution in [1.29, 1.82) is 0 Å². The molecule has 0 atom stereocenters. The predicted octanol–water partition coefficient (Wildman–Crippen LogP) is 6.52. The first-order chi connectivity index (χ1) is 11.8. The van der Waals surface area contributed by atoms with Crippen LogP contribution in [0.2, 0.25) is 0 Å². The van der Waals surface area contributed by atoms with Crippen molar-refractivity contribution in [3.05, 3.63) is 72.5 Å². The SMILES string of the molecule is CCc1cc2c([cH-]1)CCCC2.CCc1cc2c([cH-]1)CCCC2.Cl.Cl.[CH3-].[CH3-].[SiH2]=[Zr]. The summed E-state index contributed by atoms with van der Waals surface area (Å²) in [4.78, 5) is 0. The van der Waals surface area contributed by atoms with E-state index in [-0.39, 0.29) is 39.7 Å². The van der Waals surface area contributed by atoms with Gasteiger partial charge in [-0.2, -0.15) is 45.5 Å². The van der Waals surface area contributed by atoms with Crippen LogP contribution < -0.4 is 0 Å². The molecule has 0 bridgehead atoms. The minimum absolute atomic E-state index is 0. The molecule has 28 heavy (non-hydrogen) atoms. The van der Waals surface area contributed by atoms with Gasteiger partial charge < -0.3 is 14.9 Å². The van der Waals surface area contributed by atoms with Gasteiger partial charge >= 0.3 is 30.2 Å². The second-order valence-corrected chi connectivity index (χ2v) is 6.95. The van der Waals surface area contributed by atoms with Gasteiger partial charge in [0.25, 0.3) is 0 Å². The summed E-state index contributed by atoms with van der Waals surface area (Å²) in [7, 11) is 0. The Labute approximate surface area is 204 Å². The molecule has 2 aromatic rings. The Morgan fingerprint density at radius 1 is 0.714 bits per heavy atom. The number of hydrogen-bond donors (Lipinski definition) is 0. The van der Waals surface area contributed by atoms with Crippen LogP contribution in [-0.2, 0) is 61.9 Å². The molecule has 4 heteroatoms. The molecule has 0 spiro atoms. The van der Waals surface area contributed by atoms with E-state index in [1.807, 2.05) is 6.88 Å².